The van der Waals surface area contributed by atoms with Gasteiger partial charge in [0.1, 0.15) is 5.82 Å². The number of amides is 2. The van der Waals surface area contributed by atoms with Gasteiger partial charge in [0.2, 0.25) is 5.91 Å². The summed E-state index contributed by atoms with van der Waals surface area (Å²) in [5, 5.41) is 9.50. The van der Waals surface area contributed by atoms with Crippen LogP contribution in [-0.2, 0) is 17.9 Å². The molecule has 0 spiro atoms. The van der Waals surface area contributed by atoms with Crippen LogP contribution in [-0.4, -0.2) is 28.1 Å². The van der Waals surface area contributed by atoms with Crippen molar-refractivity contribution < 1.29 is 14.0 Å². The number of halogens is 1. The van der Waals surface area contributed by atoms with Gasteiger partial charge in [0.15, 0.2) is 0 Å². The zero-order chi connectivity index (χ0) is 19.1. The Balaban J connectivity index is 1.50. The minimum Gasteiger partial charge on any atom is -0.350 e. The highest BCUT2D eigenvalue weighted by molar-refractivity contribution is 5.96. The van der Waals surface area contributed by atoms with Gasteiger partial charge in [0.25, 0.3) is 5.91 Å². The van der Waals surface area contributed by atoms with E-state index in [1.165, 1.54) is 24.3 Å². The Hall–Kier alpha value is -3.48. The summed E-state index contributed by atoms with van der Waals surface area (Å²) in [5.74, 6) is -1.15. The highest BCUT2D eigenvalue weighted by atomic mass is 19.1. The summed E-state index contributed by atoms with van der Waals surface area (Å²) in [6, 6.07) is 14.8. The number of aromatic nitrogens is 2. The molecule has 0 radical (unpaired) electrons. The van der Waals surface area contributed by atoms with Gasteiger partial charge >= 0.3 is 0 Å². The first-order valence-corrected chi connectivity index (χ1v) is 8.46. The Morgan fingerprint density at radius 2 is 1.70 bits per heavy atom. The summed E-state index contributed by atoms with van der Waals surface area (Å²) in [6.45, 7) is 0.806. The van der Waals surface area contributed by atoms with Crippen molar-refractivity contribution in [2.24, 2.45) is 0 Å². The van der Waals surface area contributed by atoms with E-state index in [1.807, 2.05) is 41.2 Å². The first kappa shape index (κ1) is 18.3. The molecule has 0 aliphatic heterocycles. The van der Waals surface area contributed by atoms with Crippen LogP contribution in [0.25, 0.3) is 0 Å². The first-order chi connectivity index (χ1) is 13.1. The molecule has 0 aliphatic rings. The SMILES string of the molecule is O=C(CNC(=O)c1ccc(F)cc1)NCc1ccccc1Cn1cccn1. The molecular weight excluding hydrogens is 347 g/mol. The van der Waals surface area contributed by atoms with E-state index in [-0.39, 0.29) is 12.5 Å². The van der Waals surface area contributed by atoms with Crippen LogP contribution in [0.3, 0.4) is 0 Å². The molecule has 1 heterocycles. The Kier molecular flexibility index (Phi) is 5.94. The zero-order valence-electron chi connectivity index (χ0n) is 14.6. The van der Waals surface area contributed by atoms with Crippen molar-refractivity contribution in [2.75, 3.05) is 6.54 Å². The van der Waals surface area contributed by atoms with Gasteiger partial charge in [0, 0.05) is 24.5 Å². The van der Waals surface area contributed by atoms with Gasteiger partial charge in [-0.3, -0.25) is 14.3 Å². The molecule has 0 saturated carbocycles. The highest BCUT2D eigenvalue weighted by Crippen LogP contribution is 2.10. The molecule has 0 fully saturated rings. The van der Waals surface area contributed by atoms with Crippen molar-refractivity contribution >= 4 is 11.8 Å². The molecule has 1 aromatic heterocycles. The molecular formula is C20H19FN4O2. The second-order valence-electron chi connectivity index (χ2n) is 5.94. The molecule has 27 heavy (non-hydrogen) atoms. The number of nitrogens with zero attached hydrogens (tertiary/aromatic N) is 2. The molecule has 2 amide bonds. The standard InChI is InChI=1S/C20H19FN4O2/c21-18-8-6-15(7-9-18)20(27)23-13-19(26)22-12-16-4-1-2-5-17(16)14-25-11-3-10-24-25/h1-11H,12-14H2,(H,22,26)(H,23,27). The third-order valence-electron chi connectivity index (χ3n) is 4.00. The number of carbonyl (C=O) groups is 2. The van der Waals surface area contributed by atoms with Crippen molar-refractivity contribution in [3.8, 4) is 0 Å². The monoisotopic (exact) mass is 366 g/mol. The van der Waals surface area contributed by atoms with Crippen LogP contribution in [0.4, 0.5) is 4.39 Å². The lowest BCUT2D eigenvalue weighted by atomic mass is 10.1. The lowest BCUT2D eigenvalue weighted by Crippen LogP contribution is -2.36. The van der Waals surface area contributed by atoms with Crippen LogP contribution in [0.2, 0.25) is 0 Å². The van der Waals surface area contributed by atoms with E-state index in [2.05, 4.69) is 15.7 Å². The number of carbonyl (C=O) groups excluding carboxylic acids is 2. The molecule has 0 bridgehead atoms. The van der Waals surface area contributed by atoms with Crippen molar-refractivity contribution in [3.05, 3.63) is 89.5 Å². The molecule has 0 atom stereocenters. The van der Waals surface area contributed by atoms with Crippen molar-refractivity contribution in [1.82, 2.24) is 20.4 Å². The molecule has 2 N–H and O–H groups in total. The second kappa shape index (κ2) is 8.75. The van der Waals surface area contributed by atoms with Crippen LogP contribution < -0.4 is 10.6 Å². The van der Waals surface area contributed by atoms with Gasteiger partial charge in [-0.05, 0) is 41.5 Å². The quantitative estimate of drug-likeness (QED) is 0.673. The minimum atomic E-state index is -0.427. The minimum absolute atomic E-state index is 0.155. The first-order valence-electron chi connectivity index (χ1n) is 8.46. The summed E-state index contributed by atoms with van der Waals surface area (Å²) < 4.78 is 14.7. The molecule has 2 aromatic carbocycles. The molecule has 3 rings (SSSR count). The van der Waals surface area contributed by atoms with Crippen LogP contribution in [0, 0.1) is 5.82 Å². The summed E-state index contributed by atoms with van der Waals surface area (Å²) in [5.41, 5.74) is 2.33. The molecule has 7 heteroatoms. The Bertz CT molecular complexity index is 908. The maximum atomic E-state index is 12.9. The maximum Gasteiger partial charge on any atom is 0.251 e. The van der Waals surface area contributed by atoms with Gasteiger partial charge in [0.05, 0.1) is 13.1 Å². The van der Waals surface area contributed by atoms with Gasteiger partial charge in [-0.15, -0.1) is 0 Å². The van der Waals surface area contributed by atoms with Crippen molar-refractivity contribution in [1.29, 1.82) is 0 Å². The van der Waals surface area contributed by atoms with E-state index < -0.39 is 11.7 Å². The highest BCUT2D eigenvalue weighted by Gasteiger charge is 2.09. The van der Waals surface area contributed by atoms with E-state index in [0.29, 0.717) is 18.7 Å². The topological polar surface area (TPSA) is 76.0 Å². The smallest absolute Gasteiger partial charge is 0.251 e. The molecule has 0 saturated heterocycles. The number of benzene rings is 2. The van der Waals surface area contributed by atoms with E-state index in [9.17, 15) is 14.0 Å². The summed E-state index contributed by atoms with van der Waals surface area (Å²) >= 11 is 0. The predicted octanol–water partition coefficient (Wildman–Crippen LogP) is 2.12. The number of hydrogen-bond donors (Lipinski definition) is 2. The Morgan fingerprint density at radius 1 is 0.963 bits per heavy atom. The zero-order valence-corrected chi connectivity index (χ0v) is 14.6. The fourth-order valence-electron chi connectivity index (χ4n) is 2.57. The second-order valence-corrected chi connectivity index (χ2v) is 5.94. The lowest BCUT2D eigenvalue weighted by molar-refractivity contribution is -0.120. The molecule has 0 unspecified atom stereocenters. The maximum absolute atomic E-state index is 12.9. The third kappa shape index (κ3) is 5.24. The van der Waals surface area contributed by atoms with Gasteiger partial charge in [-0.25, -0.2) is 4.39 Å². The predicted molar refractivity (Wildman–Crippen MR) is 98.4 cm³/mol. The van der Waals surface area contributed by atoms with E-state index in [0.717, 1.165) is 11.1 Å². The Morgan fingerprint density at radius 3 is 2.41 bits per heavy atom. The number of rotatable bonds is 7. The molecule has 6 nitrogen and oxygen atoms in total. The lowest BCUT2D eigenvalue weighted by Gasteiger charge is -2.11. The van der Waals surface area contributed by atoms with Crippen LogP contribution >= 0.6 is 0 Å². The summed E-state index contributed by atoms with van der Waals surface area (Å²) in [4.78, 5) is 24.0. The van der Waals surface area contributed by atoms with Crippen molar-refractivity contribution in [3.63, 3.8) is 0 Å². The molecule has 0 aliphatic carbocycles. The molecule has 138 valence electrons. The fraction of sp³-hybridized carbons (Fsp3) is 0.150. The molecule has 3 aromatic rings. The normalized spacial score (nSPS) is 10.4. The van der Waals surface area contributed by atoms with E-state index in [4.69, 9.17) is 0 Å². The largest absolute Gasteiger partial charge is 0.350 e. The van der Waals surface area contributed by atoms with E-state index >= 15 is 0 Å². The van der Waals surface area contributed by atoms with Crippen LogP contribution in [0.15, 0.2) is 67.0 Å². The van der Waals surface area contributed by atoms with Crippen LogP contribution in [0.1, 0.15) is 21.5 Å². The average molecular weight is 366 g/mol. The van der Waals surface area contributed by atoms with Gasteiger partial charge < -0.3 is 10.6 Å². The van der Waals surface area contributed by atoms with Gasteiger partial charge in [-0.1, -0.05) is 24.3 Å². The number of hydrogen-bond acceptors (Lipinski definition) is 3. The number of nitrogens with one attached hydrogen (secondary N) is 2. The van der Waals surface area contributed by atoms with Crippen molar-refractivity contribution in [2.45, 2.75) is 13.1 Å². The van der Waals surface area contributed by atoms with Crippen LogP contribution in [0.5, 0.6) is 0 Å². The fourth-order valence-corrected chi connectivity index (χ4v) is 2.57. The Labute approximate surface area is 156 Å². The van der Waals surface area contributed by atoms with E-state index in [1.54, 1.807) is 6.20 Å². The third-order valence-corrected chi connectivity index (χ3v) is 4.00. The van der Waals surface area contributed by atoms with Gasteiger partial charge in [-0.2, -0.15) is 5.10 Å². The summed E-state index contributed by atoms with van der Waals surface area (Å²) in [6.07, 6.45) is 3.59. The average Bonchev–Trinajstić information content (AvgIpc) is 3.19. The summed E-state index contributed by atoms with van der Waals surface area (Å²) in [7, 11) is 0.